The highest BCUT2D eigenvalue weighted by Gasteiger charge is 2.40. The number of rotatable bonds is 7. The van der Waals surface area contributed by atoms with Crippen LogP contribution in [0, 0.1) is 0 Å². The highest BCUT2D eigenvalue weighted by molar-refractivity contribution is 8.00. The minimum absolute atomic E-state index is 0.0134. The van der Waals surface area contributed by atoms with Crippen molar-refractivity contribution in [1.29, 1.82) is 0 Å². The molecule has 2 aromatic carbocycles. The van der Waals surface area contributed by atoms with Crippen LogP contribution in [-0.4, -0.2) is 47.5 Å². The lowest BCUT2D eigenvalue weighted by atomic mass is 10.1. The van der Waals surface area contributed by atoms with Crippen molar-refractivity contribution in [2.24, 2.45) is 0 Å². The van der Waals surface area contributed by atoms with Gasteiger partial charge in [0.15, 0.2) is 0 Å². The second-order valence-corrected chi connectivity index (χ2v) is 7.89. The standard InChI is InChI=1S/C22H26N2O3S/c1-3-20-24(22(26)17-9-11-18(27-2)12-10-17)19(15-28-20)21(25)23-14-13-16-7-5-4-6-8-16/h4-12,19-20H,3,13-15H2,1-2H3,(H,23,25). The zero-order valence-electron chi connectivity index (χ0n) is 16.3. The Morgan fingerprint density at radius 1 is 1.14 bits per heavy atom. The molecule has 28 heavy (non-hydrogen) atoms. The summed E-state index contributed by atoms with van der Waals surface area (Å²) in [7, 11) is 1.59. The molecule has 0 bridgehead atoms. The molecule has 148 valence electrons. The van der Waals surface area contributed by atoms with Crippen molar-refractivity contribution in [3.63, 3.8) is 0 Å². The van der Waals surface area contributed by atoms with E-state index in [9.17, 15) is 9.59 Å². The quantitative estimate of drug-likeness (QED) is 0.777. The van der Waals surface area contributed by atoms with Crippen molar-refractivity contribution in [1.82, 2.24) is 10.2 Å². The Labute approximate surface area is 170 Å². The molecular formula is C22H26N2O3S. The topological polar surface area (TPSA) is 58.6 Å². The van der Waals surface area contributed by atoms with Crippen molar-refractivity contribution in [3.05, 3.63) is 65.7 Å². The third-order valence-corrected chi connectivity index (χ3v) is 6.33. The van der Waals surface area contributed by atoms with Crippen LogP contribution >= 0.6 is 11.8 Å². The molecule has 2 aromatic rings. The van der Waals surface area contributed by atoms with Crippen LogP contribution in [0.4, 0.5) is 0 Å². The van der Waals surface area contributed by atoms with E-state index in [1.54, 1.807) is 48.0 Å². The monoisotopic (exact) mass is 398 g/mol. The SMILES string of the molecule is CCC1SCC(C(=O)NCCc2ccccc2)N1C(=O)c1ccc(OC)cc1. The lowest BCUT2D eigenvalue weighted by molar-refractivity contribution is -0.124. The number of hydrogen-bond donors (Lipinski definition) is 1. The summed E-state index contributed by atoms with van der Waals surface area (Å²) in [6, 6.07) is 16.7. The fourth-order valence-electron chi connectivity index (χ4n) is 3.33. The summed E-state index contributed by atoms with van der Waals surface area (Å²) in [6.07, 6.45) is 1.58. The summed E-state index contributed by atoms with van der Waals surface area (Å²) in [5.74, 6) is 1.14. The maximum Gasteiger partial charge on any atom is 0.255 e. The fraction of sp³-hybridized carbons (Fsp3) is 0.364. The fourth-order valence-corrected chi connectivity index (χ4v) is 4.68. The molecule has 6 heteroatoms. The van der Waals surface area contributed by atoms with Crippen LogP contribution in [0.2, 0.25) is 0 Å². The van der Waals surface area contributed by atoms with Crippen LogP contribution in [0.3, 0.4) is 0 Å². The number of thioether (sulfide) groups is 1. The van der Waals surface area contributed by atoms with Crippen LogP contribution in [0.1, 0.15) is 29.3 Å². The Bertz CT molecular complexity index is 795. The van der Waals surface area contributed by atoms with Gasteiger partial charge in [0.05, 0.1) is 12.5 Å². The van der Waals surface area contributed by atoms with E-state index < -0.39 is 6.04 Å². The number of hydrogen-bond acceptors (Lipinski definition) is 4. The van der Waals surface area contributed by atoms with Gasteiger partial charge in [0.1, 0.15) is 11.8 Å². The van der Waals surface area contributed by atoms with Crippen molar-refractivity contribution in [3.8, 4) is 5.75 Å². The molecule has 1 fully saturated rings. The van der Waals surface area contributed by atoms with E-state index in [0.717, 1.165) is 12.8 Å². The maximum absolute atomic E-state index is 13.1. The summed E-state index contributed by atoms with van der Waals surface area (Å²) in [6.45, 7) is 2.60. The summed E-state index contributed by atoms with van der Waals surface area (Å²) in [5.41, 5.74) is 1.75. The van der Waals surface area contributed by atoms with E-state index >= 15 is 0 Å². The van der Waals surface area contributed by atoms with Crippen molar-refractivity contribution in [2.45, 2.75) is 31.2 Å². The number of nitrogens with one attached hydrogen (secondary N) is 1. The van der Waals surface area contributed by atoms with Gasteiger partial charge in [-0.15, -0.1) is 11.8 Å². The zero-order chi connectivity index (χ0) is 19.9. The smallest absolute Gasteiger partial charge is 0.255 e. The van der Waals surface area contributed by atoms with Gasteiger partial charge in [-0.05, 0) is 42.7 Å². The van der Waals surface area contributed by atoms with Crippen molar-refractivity contribution < 1.29 is 14.3 Å². The van der Waals surface area contributed by atoms with Gasteiger partial charge in [-0.2, -0.15) is 0 Å². The highest BCUT2D eigenvalue weighted by atomic mass is 32.2. The van der Waals surface area contributed by atoms with Crippen molar-refractivity contribution >= 4 is 23.6 Å². The molecule has 2 amide bonds. The molecule has 5 nitrogen and oxygen atoms in total. The molecule has 1 aliphatic rings. The molecule has 1 N–H and O–H groups in total. The molecular weight excluding hydrogens is 372 g/mol. The molecule has 0 radical (unpaired) electrons. The van der Waals surface area contributed by atoms with Gasteiger partial charge in [0, 0.05) is 17.9 Å². The average molecular weight is 399 g/mol. The van der Waals surface area contributed by atoms with E-state index in [1.807, 2.05) is 37.3 Å². The van der Waals surface area contributed by atoms with E-state index in [0.29, 0.717) is 23.6 Å². The second kappa shape index (κ2) is 9.64. The van der Waals surface area contributed by atoms with Crippen LogP contribution in [0.25, 0.3) is 0 Å². The number of amides is 2. The minimum atomic E-state index is -0.444. The largest absolute Gasteiger partial charge is 0.497 e. The maximum atomic E-state index is 13.1. The number of nitrogens with zero attached hydrogens (tertiary/aromatic N) is 1. The molecule has 1 aliphatic heterocycles. The molecule has 0 saturated carbocycles. The van der Waals surface area contributed by atoms with Gasteiger partial charge in [-0.1, -0.05) is 37.3 Å². The van der Waals surface area contributed by atoms with E-state index in [2.05, 4.69) is 5.32 Å². The summed E-state index contributed by atoms with van der Waals surface area (Å²) in [4.78, 5) is 27.7. The first-order chi connectivity index (χ1) is 13.6. The first-order valence-electron chi connectivity index (χ1n) is 9.54. The van der Waals surface area contributed by atoms with E-state index in [4.69, 9.17) is 4.74 Å². The summed E-state index contributed by atoms with van der Waals surface area (Å²) in [5, 5.41) is 3.02. The van der Waals surface area contributed by atoms with E-state index in [-0.39, 0.29) is 17.2 Å². The van der Waals surface area contributed by atoms with Gasteiger partial charge in [-0.25, -0.2) is 0 Å². The number of methoxy groups -OCH3 is 1. The average Bonchev–Trinajstić information content (AvgIpc) is 3.18. The van der Waals surface area contributed by atoms with Gasteiger partial charge >= 0.3 is 0 Å². The third-order valence-electron chi connectivity index (χ3n) is 4.87. The Kier molecular flexibility index (Phi) is 6.98. The molecule has 2 unspecified atom stereocenters. The lowest BCUT2D eigenvalue weighted by Crippen LogP contribution is -2.50. The number of ether oxygens (including phenoxy) is 1. The van der Waals surface area contributed by atoms with Crippen LogP contribution in [-0.2, 0) is 11.2 Å². The Morgan fingerprint density at radius 3 is 2.50 bits per heavy atom. The molecule has 1 heterocycles. The second-order valence-electron chi connectivity index (χ2n) is 6.68. The summed E-state index contributed by atoms with van der Waals surface area (Å²) < 4.78 is 5.16. The number of carbonyl (C=O) groups is 2. The van der Waals surface area contributed by atoms with Gasteiger partial charge in [0.2, 0.25) is 5.91 Å². The summed E-state index contributed by atoms with van der Waals surface area (Å²) >= 11 is 1.67. The molecule has 3 rings (SSSR count). The molecule has 0 spiro atoms. The predicted molar refractivity (Wildman–Crippen MR) is 113 cm³/mol. The molecule has 0 aromatic heterocycles. The predicted octanol–water partition coefficient (Wildman–Crippen LogP) is 3.35. The number of benzene rings is 2. The Balaban J connectivity index is 1.66. The van der Waals surface area contributed by atoms with Gasteiger partial charge in [-0.3, -0.25) is 9.59 Å². The first kappa shape index (κ1) is 20.3. The minimum Gasteiger partial charge on any atom is -0.497 e. The van der Waals surface area contributed by atoms with Gasteiger partial charge < -0.3 is 15.0 Å². The van der Waals surface area contributed by atoms with Crippen LogP contribution in [0.15, 0.2) is 54.6 Å². The number of carbonyl (C=O) groups excluding carboxylic acids is 2. The van der Waals surface area contributed by atoms with Crippen LogP contribution in [0.5, 0.6) is 5.75 Å². The first-order valence-corrected chi connectivity index (χ1v) is 10.6. The lowest BCUT2D eigenvalue weighted by Gasteiger charge is -2.28. The molecule has 0 aliphatic carbocycles. The zero-order valence-corrected chi connectivity index (χ0v) is 17.1. The molecule has 2 atom stereocenters. The Morgan fingerprint density at radius 2 is 1.86 bits per heavy atom. The van der Waals surface area contributed by atoms with E-state index in [1.165, 1.54) is 5.56 Å². The Hall–Kier alpha value is -2.47. The normalized spacial score (nSPS) is 18.7. The highest BCUT2D eigenvalue weighted by Crippen LogP contribution is 2.33. The van der Waals surface area contributed by atoms with Crippen molar-refractivity contribution in [2.75, 3.05) is 19.4 Å². The molecule has 1 saturated heterocycles. The van der Waals surface area contributed by atoms with Gasteiger partial charge in [0.25, 0.3) is 5.91 Å². The van der Waals surface area contributed by atoms with Crippen LogP contribution < -0.4 is 10.1 Å². The third kappa shape index (κ3) is 4.68.